The number of cyclic esters (lactones) is 1. The number of nitrogens with one attached hydrogen (secondary N) is 2. The van der Waals surface area contributed by atoms with Gasteiger partial charge in [-0.25, -0.2) is 9.78 Å². The van der Waals surface area contributed by atoms with Gasteiger partial charge in [0, 0.05) is 30.8 Å². The first-order chi connectivity index (χ1) is 16.0. The minimum Gasteiger partial charge on any atom is -0.507 e. The monoisotopic (exact) mass is 489 g/mol. The highest BCUT2D eigenvalue weighted by molar-refractivity contribution is 5.97. The van der Waals surface area contributed by atoms with Crippen molar-refractivity contribution in [2.45, 2.75) is 39.2 Å². The molecular formula is C25H35N3O7. The number of fused-ring (bicyclic) bond motifs is 1. The van der Waals surface area contributed by atoms with E-state index in [1.165, 1.54) is 6.07 Å². The molecule has 1 aromatic heterocycles. The Hall–Kier alpha value is -3.47. The van der Waals surface area contributed by atoms with Crippen molar-refractivity contribution >= 4 is 17.8 Å². The van der Waals surface area contributed by atoms with Crippen molar-refractivity contribution in [3.8, 4) is 11.5 Å². The van der Waals surface area contributed by atoms with Crippen molar-refractivity contribution in [3.05, 3.63) is 59.7 Å². The van der Waals surface area contributed by atoms with E-state index in [0.29, 0.717) is 43.7 Å². The van der Waals surface area contributed by atoms with Crippen molar-refractivity contribution in [2.75, 3.05) is 19.8 Å². The second kappa shape index (κ2) is 15.4. The van der Waals surface area contributed by atoms with E-state index < -0.39 is 5.97 Å². The summed E-state index contributed by atoms with van der Waals surface area (Å²) in [5.41, 5.74) is 0.639. The summed E-state index contributed by atoms with van der Waals surface area (Å²) in [5.74, 6) is 0.517. The number of carbonyl (C=O) groups is 2. The van der Waals surface area contributed by atoms with Gasteiger partial charge >= 0.3 is 5.97 Å². The molecule has 1 aliphatic rings. The molecule has 0 saturated carbocycles. The van der Waals surface area contributed by atoms with Gasteiger partial charge in [-0.05, 0) is 43.5 Å². The highest BCUT2D eigenvalue weighted by Gasteiger charge is 2.19. The number of ketones is 1. The van der Waals surface area contributed by atoms with E-state index in [9.17, 15) is 14.7 Å². The molecule has 0 saturated heterocycles. The molecule has 1 atom stereocenters. The Morgan fingerprint density at radius 1 is 1.26 bits per heavy atom. The maximum Gasteiger partial charge on any atom is 0.342 e. The van der Waals surface area contributed by atoms with Crippen LogP contribution in [0.5, 0.6) is 11.5 Å². The highest BCUT2D eigenvalue weighted by Crippen LogP contribution is 2.30. The Morgan fingerprint density at radius 3 is 2.86 bits per heavy atom. The van der Waals surface area contributed by atoms with Crippen molar-refractivity contribution in [3.63, 3.8) is 0 Å². The van der Waals surface area contributed by atoms with Crippen LogP contribution in [-0.2, 0) is 16.1 Å². The summed E-state index contributed by atoms with van der Waals surface area (Å²) in [6.07, 6.45) is 13.1. The van der Waals surface area contributed by atoms with Crippen LogP contribution in [0.2, 0.25) is 0 Å². The smallest absolute Gasteiger partial charge is 0.342 e. The van der Waals surface area contributed by atoms with E-state index in [4.69, 9.17) is 9.47 Å². The third-order valence-corrected chi connectivity index (χ3v) is 5.12. The van der Waals surface area contributed by atoms with Crippen molar-refractivity contribution in [1.82, 2.24) is 15.3 Å². The predicted octanol–water partition coefficient (Wildman–Crippen LogP) is 2.14. The molecule has 0 amide bonds. The number of hydrogen-bond acceptors (Lipinski definition) is 7. The first-order valence-corrected chi connectivity index (χ1v) is 11.3. The summed E-state index contributed by atoms with van der Waals surface area (Å²) >= 11 is 0. The molecule has 0 spiro atoms. The Labute approximate surface area is 204 Å². The summed E-state index contributed by atoms with van der Waals surface area (Å²) < 4.78 is 11.2. The van der Waals surface area contributed by atoms with E-state index in [1.54, 1.807) is 36.7 Å². The van der Waals surface area contributed by atoms with Gasteiger partial charge in [0.15, 0.2) is 5.78 Å². The quantitative estimate of drug-likeness (QED) is 0.394. The number of ether oxygens (including phenoxy) is 2. The van der Waals surface area contributed by atoms with Gasteiger partial charge in [0.2, 0.25) is 0 Å². The van der Waals surface area contributed by atoms with E-state index in [2.05, 4.69) is 15.3 Å². The third-order valence-electron chi connectivity index (χ3n) is 5.12. The topological polar surface area (TPSA) is 177 Å². The SMILES string of the molecule is C[C@@H]1/C=C\C(=O)CCC/C=C/c2cc(OCCCNCc3ncc[nH]3)cc(O)c2C(=O)OC1.O.O. The zero-order chi connectivity index (χ0) is 23.5. The summed E-state index contributed by atoms with van der Waals surface area (Å²) in [7, 11) is 0. The number of allylic oxidation sites excluding steroid dienone is 2. The fraction of sp³-hybridized carbons (Fsp3) is 0.400. The van der Waals surface area contributed by atoms with E-state index in [-0.39, 0.29) is 40.6 Å². The third kappa shape index (κ3) is 9.73. The number of phenols is 1. The molecule has 10 heteroatoms. The molecule has 7 N–H and O–H groups in total. The number of H-pyrrole nitrogens is 1. The van der Waals surface area contributed by atoms with Gasteiger partial charge in [-0.3, -0.25) is 4.79 Å². The first kappa shape index (κ1) is 29.6. The van der Waals surface area contributed by atoms with Crippen LogP contribution in [-0.4, -0.2) is 57.5 Å². The number of carbonyl (C=O) groups excluding carboxylic acids is 2. The Kier molecular flexibility index (Phi) is 13.0. The van der Waals surface area contributed by atoms with Crippen LogP contribution < -0.4 is 10.1 Å². The van der Waals surface area contributed by atoms with Crippen LogP contribution in [0.1, 0.15) is 54.4 Å². The van der Waals surface area contributed by atoms with Gasteiger partial charge in [-0.1, -0.05) is 25.2 Å². The molecule has 1 aliphatic heterocycles. The normalized spacial score (nSPS) is 18.1. The van der Waals surface area contributed by atoms with Crippen LogP contribution in [0, 0.1) is 5.92 Å². The molecule has 2 aromatic rings. The predicted molar refractivity (Wildman–Crippen MR) is 132 cm³/mol. The van der Waals surface area contributed by atoms with Crippen molar-refractivity contribution < 1.29 is 35.1 Å². The molecule has 2 heterocycles. The molecule has 0 aliphatic carbocycles. The average molecular weight is 490 g/mol. The Morgan fingerprint density at radius 2 is 2.09 bits per heavy atom. The summed E-state index contributed by atoms with van der Waals surface area (Å²) in [6, 6.07) is 3.17. The summed E-state index contributed by atoms with van der Waals surface area (Å²) in [5, 5.41) is 13.8. The number of aromatic hydroxyl groups is 1. The van der Waals surface area contributed by atoms with Gasteiger partial charge in [-0.15, -0.1) is 0 Å². The number of phenolic OH excluding ortho intramolecular Hbond substituents is 1. The molecule has 35 heavy (non-hydrogen) atoms. The molecule has 0 radical (unpaired) electrons. The summed E-state index contributed by atoms with van der Waals surface area (Å²) in [4.78, 5) is 31.8. The Balaban J connectivity index is 0.00000306. The fourth-order valence-corrected chi connectivity index (χ4v) is 3.34. The fourth-order valence-electron chi connectivity index (χ4n) is 3.34. The average Bonchev–Trinajstić information content (AvgIpc) is 3.31. The van der Waals surface area contributed by atoms with Gasteiger partial charge in [-0.2, -0.15) is 0 Å². The number of hydrogen-bond donors (Lipinski definition) is 3. The lowest BCUT2D eigenvalue weighted by Gasteiger charge is -2.14. The number of esters is 1. The second-order valence-electron chi connectivity index (χ2n) is 8.02. The summed E-state index contributed by atoms with van der Waals surface area (Å²) in [6.45, 7) is 3.83. The number of benzene rings is 1. The maximum atomic E-state index is 12.7. The van der Waals surface area contributed by atoms with Crippen LogP contribution in [0.25, 0.3) is 6.08 Å². The lowest BCUT2D eigenvalue weighted by atomic mass is 10.0. The highest BCUT2D eigenvalue weighted by atomic mass is 16.5. The standard InChI is InChI=1S/C25H31N3O5.2H2O/c1-18-8-9-20(29)7-4-2-3-6-19-14-21(15-22(30)24(19)25(31)33-17-18)32-13-5-10-26-16-23-27-11-12-28-23;;/h3,6,8-9,11-12,14-15,18,26,30H,2,4-5,7,10,13,16-17H2,1H3,(H,27,28);2*1H2/b6-3+,9-8-;;/t18-;;/m1../s1. The largest absolute Gasteiger partial charge is 0.507 e. The zero-order valence-electron chi connectivity index (χ0n) is 19.9. The number of imidazole rings is 1. The molecule has 10 nitrogen and oxygen atoms in total. The number of aromatic nitrogens is 2. The van der Waals surface area contributed by atoms with E-state index >= 15 is 0 Å². The zero-order valence-corrected chi connectivity index (χ0v) is 19.9. The van der Waals surface area contributed by atoms with Crippen LogP contribution >= 0.6 is 0 Å². The van der Waals surface area contributed by atoms with Gasteiger partial charge in [0.25, 0.3) is 0 Å². The molecule has 192 valence electrons. The van der Waals surface area contributed by atoms with Gasteiger partial charge in [0.1, 0.15) is 22.9 Å². The second-order valence-corrected chi connectivity index (χ2v) is 8.02. The van der Waals surface area contributed by atoms with Gasteiger partial charge < -0.3 is 35.8 Å². The minimum absolute atomic E-state index is 0. The molecule has 0 fully saturated rings. The van der Waals surface area contributed by atoms with Crippen LogP contribution in [0.4, 0.5) is 0 Å². The van der Waals surface area contributed by atoms with Crippen LogP contribution in [0.3, 0.4) is 0 Å². The van der Waals surface area contributed by atoms with Crippen molar-refractivity contribution in [2.24, 2.45) is 5.92 Å². The minimum atomic E-state index is -0.607. The molecule has 3 rings (SSSR count). The number of aromatic amines is 1. The van der Waals surface area contributed by atoms with E-state index in [0.717, 1.165) is 18.8 Å². The lowest BCUT2D eigenvalue weighted by molar-refractivity contribution is -0.114. The van der Waals surface area contributed by atoms with Crippen molar-refractivity contribution in [1.29, 1.82) is 0 Å². The van der Waals surface area contributed by atoms with Crippen LogP contribution in [0.15, 0.2) is 42.8 Å². The Bertz CT molecular complexity index is 987. The maximum absolute atomic E-state index is 12.7. The molecule has 0 unspecified atom stereocenters. The number of rotatable bonds is 7. The molecule has 0 bridgehead atoms. The molecular weight excluding hydrogens is 454 g/mol. The lowest BCUT2D eigenvalue weighted by Crippen LogP contribution is -2.17. The van der Waals surface area contributed by atoms with Gasteiger partial charge in [0.05, 0.1) is 19.8 Å². The number of nitrogens with zero attached hydrogens (tertiary/aromatic N) is 1. The molecule has 1 aromatic carbocycles. The first-order valence-electron chi connectivity index (χ1n) is 11.3. The van der Waals surface area contributed by atoms with E-state index in [1.807, 2.05) is 13.0 Å².